The minimum atomic E-state index is -0.190. The molecular formula is C75H146N2O8. The van der Waals surface area contributed by atoms with E-state index in [1.165, 1.54) is 283 Å². The van der Waals surface area contributed by atoms with Crippen LogP contribution in [0.1, 0.15) is 394 Å². The molecule has 0 radical (unpaired) electrons. The second-order valence-corrected chi connectivity index (χ2v) is 25.9. The summed E-state index contributed by atoms with van der Waals surface area (Å²) >= 11 is 0. The van der Waals surface area contributed by atoms with E-state index in [2.05, 4.69) is 37.5 Å². The van der Waals surface area contributed by atoms with E-state index < -0.39 is 0 Å². The first-order valence-electron chi connectivity index (χ1n) is 37.9. The third-order valence-electron chi connectivity index (χ3n) is 17.5. The Labute approximate surface area is 528 Å². The highest BCUT2D eigenvalue weighted by Crippen LogP contribution is 2.17. The number of nitrogens with zero attached hydrogens (tertiary/aromatic N) is 2. The molecular weight excluding hydrogens is 1060 g/mol. The molecule has 0 aliphatic carbocycles. The molecule has 0 heterocycles. The van der Waals surface area contributed by atoms with E-state index >= 15 is 0 Å². The van der Waals surface area contributed by atoms with Crippen LogP contribution in [0.15, 0.2) is 0 Å². The number of rotatable bonds is 72. The van der Waals surface area contributed by atoms with Crippen LogP contribution in [0, 0.1) is 0 Å². The number of esters is 4. The van der Waals surface area contributed by atoms with E-state index in [1.54, 1.807) is 0 Å². The van der Waals surface area contributed by atoms with Gasteiger partial charge >= 0.3 is 23.9 Å². The fourth-order valence-corrected chi connectivity index (χ4v) is 11.7. The van der Waals surface area contributed by atoms with Crippen LogP contribution < -0.4 is 0 Å². The van der Waals surface area contributed by atoms with Crippen molar-refractivity contribution < 1.29 is 38.1 Å². The molecule has 0 bridgehead atoms. The second-order valence-electron chi connectivity index (χ2n) is 25.9. The van der Waals surface area contributed by atoms with Crippen molar-refractivity contribution in [3.63, 3.8) is 0 Å². The van der Waals surface area contributed by atoms with E-state index in [0.29, 0.717) is 65.7 Å². The molecule has 10 nitrogen and oxygen atoms in total. The molecule has 0 amide bonds. The van der Waals surface area contributed by atoms with Crippen LogP contribution in [0.5, 0.6) is 0 Å². The quantitative estimate of drug-likeness (QED) is 0.0331. The van der Waals surface area contributed by atoms with Crippen LogP contribution >= 0.6 is 0 Å². The summed E-state index contributed by atoms with van der Waals surface area (Å²) in [5.74, 6) is -0.759. The maximum absolute atomic E-state index is 13.0. The van der Waals surface area contributed by atoms with Gasteiger partial charge in [-0.1, -0.05) is 336 Å². The number of hydrogen-bond donors (Lipinski definition) is 0. The van der Waals surface area contributed by atoms with E-state index in [4.69, 9.17) is 18.9 Å². The monoisotopic (exact) mass is 1200 g/mol. The zero-order valence-electron chi connectivity index (χ0n) is 57.5. The van der Waals surface area contributed by atoms with Crippen LogP contribution in [0.25, 0.3) is 0 Å². The normalized spacial score (nSPS) is 11.6. The van der Waals surface area contributed by atoms with Crippen molar-refractivity contribution in [3.05, 3.63) is 0 Å². The molecule has 0 saturated carbocycles. The van der Waals surface area contributed by atoms with Crippen molar-refractivity contribution in [2.24, 2.45) is 0 Å². The Kier molecular flexibility index (Phi) is 69.0. The number of carbonyl (C=O) groups excluding carboxylic acids is 4. The summed E-state index contributed by atoms with van der Waals surface area (Å²) in [6.45, 7) is 14.3. The van der Waals surface area contributed by atoms with Gasteiger partial charge in [-0.25, -0.2) is 0 Å². The summed E-state index contributed by atoms with van der Waals surface area (Å²) in [6, 6.07) is 0. The largest absolute Gasteiger partial charge is 0.466 e. The Bertz CT molecular complexity index is 1180. The molecule has 85 heavy (non-hydrogen) atoms. The molecule has 0 spiro atoms. The molecule has 0 aromatic heterocycles. The van der Waals surface area contributed by atoms with Crippen molar-refractivity contribution in [2.75, 3.05) is 65.7 Å². The number of ether oxygens (including phenoxy) is 4. The van der Waals surface area contributed by atoms with Gasteiger partial charge in [0.15, 0.2) is 0 Å². The van der Waals surface area contributed by atoms with Crippen LogP contribution in [0.4, 0.5) is 0 Å². The van der Waals surface area contributed by atoms with Gasteiger partial charge in [0.1, 0.15) is 0 Å². The van der Waals surface area contributed by atoms with Crippen molar-refractivity contribution in [2.45, 2.75) is 394 Å². The van der Waals surface area contributed by atoms with Crippen LogP contribution in [-0.2, 0) is 38.1 Å². The standard InChI is InChI=1S/C75H146N2O8/c1-5-9-13-17-21-25-29-33-37-41-45-49-53-68-82-72(78)58-64-76(65-59-73(79)83-69-54-50-46-42-38-34-30-26-22-18-14-10-6-2)62-57-63-77(66-60-74(80)84-70-55-51-47-43-39-35-31-27-23-19-15-11-7-3)67-61-75(81)85-71-56-52-48-44-40-36-32-28-24-20-16-12-8-4/h5-71H2,1-4H3. The van der Waals surface area contributed by atoms with Gasteiger partial charge in [0.2, 0.25) is 0 Å². The summed E-state index contributed by atoms with van der Waals surface area (Å²) in [5, 5.41) is 0. The smallest absolute Gasteiger partial charge is 0.307 e. The lowest BCUT2D eigenvalue weighted by atomic mass is 10.0. The Morgan fingerprint density at radius 1 is 0.188 bits per heavy atom. The topological polar surface area (TPSA) is 112 Å². The number of carbonyl (C=O) groups is 4. The van der Waals surface area contributed by atoms with Gasteiger partial charge in [0.05, 0.1) is 52.1 Å². The Morgan fingerprint density at radius 2 is 0.329 bits per heavy atom. The third-order valence-corrected chi connectivity index (χ3v) is 17.5. The summed E-state index contributed by atoms with van der Waals surface area (Å²) in [4.78, 5) is 56.5. The molecule has 0 atom stereocenters. The van der Waals surface area contributed by atoms with Gasteiger partial charge in [0, 0.05) is 26.2 Å². The Hall–Kier alpha value is -2.20. The first kappa shape index (κ1) is 82.8. The molecule has 10 heteroatoms. The zero-order chi connectivity index (χ0) is 61.7. The molecule has 0 aliphatic heterocycles. The van der Waals surface area contributed by atoms with Crippen molar-refractivity contribution in [3.8, 4) is 0 Å². The lowest BCUT2D eigenvalue weighted by Crippen LogP contribution is -2.35. The van der Waals surface area contributed by atoms with Crippen molar-refractivity contribution in [1.82, 2.24) is 9.80 Å². The minimum absolute atomic E-state index is 0.190. The first-order valence-corrected chi connectivity index (χ1v) is 37.9. The van der Waals surface area contributed by atoms with Gasteiger partial charge in [-0.2, -0.15) is 0 Å². The van der Waals surface area contributed by atoms with E-state index in [1.807, 2.05) is 0 Å². The highest BCUT2D eigenvalue weighted by Gasteiger charge is 2.16. The maximum atomic E-state index is 13.0. The number of unbranched alkanes of at least 4 members (excludes halogenated alkanes) is 48. The van der Waals surface area contributed by atoms with Crippen LogP contribution in [-0.4, -0.2) is 99.4 Å². The van der Waals surface area contributed by atoms with Crippen molar-refractivity contribution in [1.29, 1.82) is 0 Å². The summed E-state index contributed by atoms with van der Waals surface area (Å²) in [7, 11) is 0. The molecule has 0 aromatic carbocycles. The average molecular weight is 1200 g/mol. The summed E-state index contributed by atoms with van der Waals surface area (Å²) < 4.78 is 22.8. The van der Waals surface area contributed by atoms with Gasteiger partial charge in [-0.15, -0.1) is 0 Å². The SMILES string of the molecule is CCCCCCCCCCCCCCCOC(=O)CCN(CCCN(CCC(=O)OCCCCCCCCCCCCCCC)CCC(=O)OCCCCCCCCCCCCCCC)CCC(=O)OCCCCCCCCCCCCCCC. The highest BCUT2D eigenvalue weighted by molar-refractivity contribution is 5.71. The number of hydrogen-bond acceptors (Lipinski definition) is 10. The fourth-order valence-electron chi connectivity index (χ4n) is 11.7. The lowest BCUT2D eigenvalue weighted by molar-refractivity contribution is -0.146. The third kappa shape index (κ3) is 67.6. The van der Waals surface area contributed by atoms with E-state index in [0.717, 1.165) is 57.8 Å². The second kappa shape index (κ2) is 70.9. The highest BCUT2D eigenvalue weighted by atomic mass is 16.5. The predicted octanol–water partition coefficient (Wildman–Crippen LogP) is 22.1. The summed E-state index contributed by atoms with van der Waals surface area (Å²) in [5.41, 5.74) is 0. The van der Waals surface area contributed by atoms with Crippen LogP contribution in [0.2, 0.25) is 0 Å². The molecule has 0 saturated heterocycles. The molecule has 0 unspecified atom stereocenters. The average Bonchev–Trinajstić information content (AvgIpc) is 3.51. The van der Waals surface area contributed by atoms with Gasteiger partial charge in [0.25, 0.3) is 0 Å². The fraction of sp³-hybridized carbons (Fsp3) is 0.947. The lowest BCUT2D eigenvalue weighted by Gasteiger charge is -2.25. The first-order chi connectivity index (χ1) is 41.9. The van der Waals surface area contributed by atoms with E-state index in [9.17, 15) is 19.2 Å². The van der Waals surface area contributed by atoms with Gasteiger partial charge in [-0.05, 0) is 45.2 Å². The maximum Gasteiger partial charge on any atom is 0.307 e. The molecule has 0 rings (SSSR count). The van der Waals surface area contributed by atoms with Crippen molar-refractivity contribution >= 4 is 23.9 Å². The molecule has 0 aliphatic rings. The van der Waals surface area contributed by atoms with E-state index in [-0.39, 0.29) is 49.6 Å². The Balaban J connectivity index is 5.18. The summed E-state index contributed by atoms with van der Waals surface area (Å²) in [6.07, 6.45) is 68.3. The molecule has 0 fully saturated rings. The van der Waals surface area contributed by atoms with Gasteiger partial charge in [-0.3, -0.25) is 19.2 Å². The van der Waals surface area contributed by atoms with Gasteiger partial charge < -0.3 is 28.7 Å². The van der Waals surface area contributed by atoms with Crippen LogP contribution in [0.3, 0.4) is 0 Å². The predicted molar refractivity (Wildman–Crippen MR) is 363 cm³/mol. The molecule has 504 valence electrons. The molecule has 0 N–H and O–H groups in total. The minimum Gasteiger partial charge on any atom is -0.466 e. The molecule has 0 aromatic rings. The Morgan fingerprint density at radius 3 is 0.482 bits per heavy atom. The zero-order valence-corrected chi connectivity index (χ0v) is 57.5.